The Kier molecular flexibility index (Phi) is 5.03. The zero-order valence-corrected chi connectivity index (χ0v) is 13.0. The normalized spacial score (nSPS) is 14.0. The van der Waals surface area contributed by atoms with Gasteiger partial charge in [0, 0.05) is 18.3 Å². The molecule has 0 saturated carbocycles. The number of thioether (sulfide) groups is 1. The van der Waals surface area contributed by atoms with Gasteiger partial charge in [-0.2, -0.15) is 0 Å². The van der Waals surface area contributed by atoms with Crippen LogP contribution in [-0.4, -0.2) is 34.2 Å². The highest BCUT2D eigenvalue weighted by molar-refractivity contribution is 7.99. The van der Waals surface area contributed by atoms with Crippen LogP contribution >= 0.6 is 11.8 Å². The maximum Gasteiger partial charge on any atom is 0.191 e. The van der Waals surface area contributed by atoms with Crippen LogP contribution in [0.2, 0.25) is 0 Å². The van der Waals surface area contributed by atoms with Crippen LogP contribution in [0.4, 0.5) is 0 Å². The topological polar surface area (TPSA) is 52.0 Å². The smallest absolute Gasteiger partial charge is 0.191 e. The zero-order valence-electron chi connectivity index (χ0n) is 12.2. The number of ether oxygens (including phenoxy) is 1. The van der Waals surface area contributed by atoms with Crippen molar-refractivity contribution in [1.82, 2.24) is 20.1 Å². The second-order valence-electron chi connectivity index (χ2n) is 4.59. The summed E-state index contributed by atoms with van der Waals surface area (Å²) < 4.78 is 7.13. The SMILES string of the molecule is CNC(c1ccc(OC)cc1)C(C)Sc1nncn1C. The van der Waals surface area contributed by atoms with Gasteiger partial charge in [0.05, 0.1) is 7.11 Å². The van der Waals surface area contributed by atoms with Crippen LogP contribution in [0.15, 0.2) is 35.7 Å². The van der Waals surface area contributed by atoms with Crippen molar-refractivity contribution in [2.45, 2.75) is 23.4 Å². The molecule has 2 atom stereocenters. The molecule has 0 aliphatic rings. The highest BCUT2D eigenvalue weighted by Gasteiger charge is 2.20. The number of rotatable bonds is 6. The predicted octanol–water partition coefficient (Wildman–Crippen LogP) is 2.27. The van der Waals surface area contributed by atoms with Gasteiger partial charge in [0.25, 0.3) is 0 Å². The molecule has 0 fully saturated rings. The zero-order chi connectivity index (χ0) is 14.5. The lowest BCUT2D eigenvalue weighted by atomic mass is 10.0. The Balaban J connectivity index is 2.12. The fourth-order valence-electron chi connectivity index (χ4n) is 2.10. The third kappa shape index (κ3) is 3.32. The monoisotopic (exact) mass is 292 g/mol. The number of nitrogens with zero attached hydrogens (tertiary/aromatic N) is 3. The maximum atomic E-state index is 5.20. The van der Waals surface area contributed by atoms with Gasteiger partial charge >= 0.3 is 0 Å². The molecule has 108 valence electrons. The van der Waals surface area contributed by atoms with E-state index in [-0.39, 0.29) is 6.04 Å². The van der Waals surface area contributed by atoms with Crippen molar-refractivity contribution in [3.05, 3.63) is 36.2 Å². The summed E-state index contributed by atoms with van der Waals surface area (Å²) in [5.74, 6) is 0.872. The summed E-state index contributed by atoms with van der Waals surface area (Å²) in [7, 11) is 5.61. The Bertz CT molecular complexity index is 540. The Morgan fingerprint density at radius 2 is 2.00 bits per heavy atom. The Labute approximate surface area is 123 Å². The van der Waals surface area contributed by atoms with Gasteiger partial charge in [-0.1, -0.05) is 30.8 Å². The molecule has 1 aromatic heterocycles. The number of aryl methyl sites for hydroxylation is 1. The standard InChI is InChI=1S/C14H20N4OS/c1-10(20-14-17-16-9-18(14)3)13(15-2)11-5-7-12(19-4)8-6-11/h5-10,13,15H,1-4H3. The molecule has 0 bridgehead atoms. The highest BCUT2D eigenvalue weighted by atomic mass is 32.2. The van der Waals surface area contributed by atoms with E-state index in [1.54, 1.807) is 25.2 Å². The van der Waals surface area contributed by atoms with Gasteiger partial charge in [-0.15, -0.1) is 10.2 Å². The molecule has 2 rings (SSSR count). The average Bonchev–Trinajstić information content (AvgIpc) is 2.86. The minimum Gasteiger partial charge on any atom is -0.497 e. The van der Waals surface area contributed by atoms with E-state index < -0.39 is 0 Å². The molecular weight excluding hydrogens is 272 g/mol. The first-order chi connectivity index (χ1) is 9.65. The molecule has 1 heterocycles. The van der Waals surface area contributed by atoms with Gasteiger partial charge in [0.15, 0.2) is 5.16 Å². The van der Waals surface area contributed by atoms with Gasteiger partial charge < -0.3 is 14.6 Å². The average molecular weight is 292 g/mol. The summed E-state index contributed by atoms with van der Waals surface area (Å²) in [5, 5.41) is 12.7. The largest absolute Gasteiger partial charge is 0.497 e. The fourth-order valence-corrected chi connectivity index (χ4v) is 3.17. The summed E-state index contributed by atoms with van der Waals surface area (Å²) in [5.41, 5.74) is 1.23. The fraction of sp³-hybridized carbons (Fsp3) is 0.429. The lowest BCUT2D eigenvalue weighted by Crippen LogP contribution is -2.25. The number of hydrogen-bond acceptors (Lipinski definition) is 5. The number of aromatic nitrogens is 3. The van der Waals surface area contributed by atoms with Crippen LogP contribution in [0.1, 0.15) is 18.5 Å². The Morgan fingerprint density at radius 3 is 2.50 bits per heavy atom. The van der Waals surface area contributed by atoms with Crippen molar-refractivity contribution in [1.29, 1.82) is 0 Å². The van der Waals surface area contributed by atoms with Crippen molar-refractivity contribution in [3.63, 3.8) is 0 Å². The van der Waals surface area contributed by atoms with Gasteiger partial charge in [0.1, 0.15) is 12.1 Å². The Morgan fingerprint density at radius 1 is 1.30 bits per heavy atom. The molecule has 1 N–H and O–H groups in total. The highest BCUT2D eigenvalue weighted by Crippen LogP contribution is 2.31. The van der Waals surface area contributed by atoms with Crippen LogP contribution in [0, 0.1) is 0 Å². The third-order valence-corrected chi connectivity index (χ3v) is 4.44. The van der Waals surface area contributed by atoms with Crippen molar-refractivity contribution < 1.29 is 4.74 Å². The van der Waals surface area contributed by atoms with Crippen molar-refractivity contribution in [2.75, 3.05) is 14.2 Å². The van der Waals surface area contributed by atoms with Gasteiger partial charge in [-0.05, 0) is 24.7 Å². The quantitative estimate of drug-likeness (QED) is 0.828. The molecule has 1 aromatic carbocycles. The molecule has 0 aliphatic heterocycles. The third-order valence-electron chi connectivity index (χ3n) is 3.22. The maximum absolute atomic E-state index is 5.20. The number of methoxy groups -OCH3 is 1. The number of hydrogen-bond donors (Lipinski definition) is 1. The summed E-state index contributed by atoms with van der Waals surface area (Å²) in [4.78, 5) is 0. The lowest BCUT2D eigenvalue weighted by molar-refractivity contribution is 0.414. The summed E-state index contributed by atoms with van der Waals surface area (Å²) in [6.07, 6.45) is 1.72. The van der Waals surface area contributed by atoms with Gasteiger partial charge in [-0.25, -0.2) is 0 Å². The summed E-state index contributed by atoms with van der Waals surface area (Å²) >= 11 is 1.71. The molecule has 0 radical (unpaired) electrons. The molecule has 2 aromatic rings. The molecule has 0 spiro atoms. The van der Waals surface area contributed by atoms with Crippen LogP contribution < -0.4 is 10.1 Å². The van der Waals surface area contributed by atoms with E-state index in [9.17, 15) is 0 Å². The van der Waals surface area contributed by atoms with Crippen molar-refractivity contribution in [2.24, 2.45) is 7.05 Å². The van der Waals surface area contributed by atoms with E-state index in [4.69, 9.17) is 4.74 Å². The molecule has 2 unspecified atom stereocenters. The molecule has 6 heteroatoms. The van der Waals surface area contributed by atoms with E-state index in [0.717, 1.165) is 10.9 Å². The van der Waals surface area contributed by atoms with Gasteiger partial charge in [0.2, 0.25) is 0 Å². The minimum atomic E-state index is 0.239. The first kappa shape index (κ1) is 14.9. The molecule has 0 amide bonds. The van der Waals surface area contributed by atoms with Crippen LogP contribution in [0.5, 0.6) is 5.75 Å². The second-order valence-corrected chi connectivity index (χ2v) is 5.93. The van der Waals surface area contributed by atoms with E-state index in [0.29, 0.717) is 5.25 Å². The predicted molar refractivity (Wildman–Crippen MR) is 81.1 cm³/mol. The summed E-state index contributed by atoms with van der Waals surface area (Å²) in [6.45, 7) is 2.19. The van der Waals surface area contributed by atoms with E-state index in [1.807, 2.05) is 30.8 Å². The minimum absolute atomic E-state index is 0.239. The van der Waals surface area contributed by atoms with Crippen LogP contribution in [0.25, 0.3) is 0 Å². The summed E-state index contributed by atoms with van der Waals surface area (Å²) in [6, 6.07) is 8.39. The second kappa shape index (κ2) is 6.76. The first-order valence-electron chi connectivity index (χ1n) is 6.47. The van der Waals surface area contributed by atoms with Crippen LogP contribution in [-0.2, 0) is 7.05 Å². The molecule has 20 heavy (non-hydrogen) atoms. The van der Waals surface area contributed by atoms with E-state index >= 15 is 0 Å². The molecule has 5 nitrogen and oxygen atoms in total. The van der Waals surface area contributed by atoms with Crippen molar-refractivity contribution >= 4 is 11.8 Å². The number of nitrogens with one attached hydrogen (secondary N) is 1. The van der Waals surface area contributed by atoms with E-state index in [2.05, 4.69) is 34.6 Å². The molecular formula is C14H20N4OS. The lowest BCUT2D eigenvalue weighted by Gasteiger charge is -2.23. The number of benzene rings is 1. The van der Waals surface area contributed by atoms with Gasteiger partial charge in [-0.3, -0.25) is 0 Å². The van der Waals surface area contributed by atoms with Crippen LogP contribution in [0.3, 0.4) is 0 Å². The molecule has 0 saturated heterocycles. The van der Waals surface area contributed by atoms with E-state index in [1.165, 1.54) is 5.56 Å². The molecule has 0 aliphatic carbocycles. The van der Waals surface area contributed by atoms with Crippen molar-refractivity contribution in [3.8, 4) is 5.75 Å². The Hall–Kier alpha value is -1.53. The first-order valence-corrected chi connectivity index (χ1v) is 7.35.